The molecule has 23 nitrogen and oxygen atoms in total. The number of hydrazone groups is 1. The van der Waals surface area contributed by atoms with Crippen LogP contribution in [0.3, 0.4) is 0 Å². The number of phenolic OH excluding ortho intramolecular Hbond substituents is 1. The minimum atomic E-state index is -1.88. The molecule has 1 unspecified atom stereocenters. The fraction of sp³-hybridized carbons (Fsp3) is 0.554. The topological polar surface area (TPSA) is 291 Å². The second-order valence-corrected chi connectivity index (χ2v) is 24.9. The molecule has 0 saturated carbocycles. The van der Waals surface area contributed by atoms with Crippen LogP contribution in [0.1, 0.15) is 111 Å². The highest BCUT2D eigenvalue weighted by atomic mass is 35.5. The van der Waals surface area contributed by atoms with Gasteiger partial charge in [0.25, 0.3) is 11.8 Å². The van der Waals surface area contributed by atoms with Gasteiger partial charge in [-0.25, -0.2) is 19.8 Å². The largest absolute Gasteiger partial charge is 0.507 e. The monoisotopic (exact) mass is 1200 g/mol. The van der Waals surface area contributed by atoms with Gasteiger partial charge in [-0.05, 0) is 84.2 Å². The summed E-state index contributed by atoms with van der Waals surface area (Å²) in [5.41, 5.74) is 1.98. The zero-order chi connectivity index (χ0) is 60.4. The number of imide groups is 1. The van der Waals surface area contributed by atoms with Gasteiger partial charge in [0.1, 0.15) is 52.2 Å². The third-order valence-electron chi connectivity index (χ3n) is 14.5. The van der Waals surface area contributed by atoms with E-state index in [1.807, 2.05) is 26.8 Å². The van der Waals surface area contributed by atoms with Crippen LogP contribution in [-0.2, 0) is 63.8 Å². The Hall–Kier alpha value is -6.38. The molecular formula is C56H73ClN6O17S2. The zero-order valence-electron chi connectivity index (χ0n) is 47.9. The van der Waals surface area contributed by atoms with E-state index in [1.54, 1.807) is 64.2 Å². The summed E-state index contributed by atoms with van der Waals surface area (Å²) in [5.74, 6) is -3.77. The van der Waals surface area contributed by atoms with E-state index in [4.69, 9.17) is 44.9 Å². The zero-order valence-corrected chi connectivity index (χ0v) is 50.3. The van der Waals surface area contributed by atoms with E-state index >= 15 is 0 Å². The number of hydrogen-bond acceptors (Lipinski definition) is 20. The number of benzene rings is 2. The van der Waals surface area contributed by atoms with Crippen molar-refractivity contribution in [3.8, 4) is 17.2 Å². The maximum atomic E-state index is 14.4. The van der Waals surface area contributed by atoms with Gasteiger partial charge in [-0.3, -0.25) is 29.3 Å². The molecule has 26 heteroatoms. The quantitative estimate of drug-likeness (QED) is 0.0210. The maximum Gasteiger partial charge on any atom is 0.409 e. The number of alkyl carbamates (subject to hydrolysis) is 1. The molecule has 6 amide bonds. The van der Waals surface area contributed by atoms with Crippen LogP contribution in [0, 0.1) is 5.92 Å². The summed E-state index contributed by atoms with van der Waals surface area (Å²) in [6.45, 7) is 12.3. The van der Waals surface area contributed by atoms with Crippen LogP contribution in [0.25, 0.3) is 0 Å². The van der Waals surface area contributed by atoms with Gasteiger partial charge in [-0.15, -0.1) is 5.06 Å². The number of allylic oxidation sites excluding steroid dienone is 3. The highest BCUT2D eigenvalue weighted by Crippen LogP contribution is 2.49. The molecule has 2 aromatic carbocycles. The molecule has 4 heterocycles. The van der Waals surface area contributed by atoms with Crippen LogP contribution in [0.2, 0.25) is 5.02 Å². The molecule has 3 saturated heterocycles. The van der Waals surface area contributed by atoms with Gasteiger partial charge >= 0.3 is 18.0 Å². The van der Waals surface area contributed by atoms with Crippen LogP contribution < -0.4 is 25.1 Å². The van der Waals surface area contributed by atoms with Gasteiger partial charge in [-0.2, -0.15) is 5.10 Å². The minimum absolute atomic E-state index is 0.00474. The van der Waals surface area contributed by atoms with Crippen molar-refractivity contribution in [2.45, 2.75) is 153 Å². The van der Waals surface area contributed by atoms with Gasteiger partial charge < -0.3 is 53.3 Å². The molecule has 4 bridgehead atoms. The van der Waals surface area contributed by atoms with Crippen LogP contribution >= 0.6 is 33.2 Å². The van der Waals surface area contributed by atoms with Crippen LogP contribution in [-0.4, -0.2) is 161 Å². The molecule has 4 aliphatic rings. The number of hydroxylamine groups is 2. The third-order valence-corrected chi connectivity index (χ3v) is 18.2. The standard InChI is InChI=1S/C56H73ClN6O17S2/c1-31-14-12-15-42(75-11)56(73)29-41(77-53(72)58-56)32(2)51-55(7,79-51)43(28-48(69)62(9)38-25-35(24-31)26-40(74-10)50(38)57)78-52(71)34(4)61(8)45(66)21-23-81-82-54(5,6)30-44(65)60-59-33(3)37-18-17-36(27-39(37)64)76-22-13-16-49(70)80-63-46(67)19-20-47(63)68/h12,14-15,17-18,25-27,32,34,41-43,51,64,73H,13,16,19-24,28-30H2,1-11H3,(H,58,72)(H,60,65)/b15-12+,31-14+,59-33+/t32-,34+,41+,42-,43+,51+,55?,56+/m1/s1. The lowest BCUT2D eigenvalue weighted by molar-refractivity contribution is -0.197. The summed E-state index contributed by atoms with van der Waals surface area (Å²) < 4.78 is 34.5. The van der Waals surface area contributed by atoms with Crippen molar-refractivity contribution >= 4 is 92.2 Å². The van der Waals surface area contributed by atoms with E-state index in [0.29, 0.717) is 45.7 Å². The number of nitrogens with one attached hydrogen (secondary N) is 2. The SMILES string of the molecule is COc1cc2cc(c1Cl)N(C)C(=O)C[C@H](OC(=O)[C@H](C)N(C)C(=O)CCSSC(C)(C)CC(=O)N/N=C(\C)c1ccc(OCCCC(=O)ON3C(=O)CCC3=O)cc1O)C1(C)O[C@H]1[C@H](C)[C@@H]1C[C@@](O)(NC(=O)O1)[C@H](OC)/C=C/C=C(\C)C2. The fourth-order valence-corrected chi connectivity index (χ4v) is 12.3. The average Bonchev–Trinajstić information content (AvgIpc) is 4.18. The number of likely N-dealkylation sites (N-methyl/N-ethyl adjacent to an activating group) is 1. The summed E-state index contributed by atoms with van der Waals surface area (Å²) in [4.78, 5) is 111. The lowest BCUT2D eigenvalue weighted by Gasteiger charge is -2.42. The number of ether oxygens (including phenoxy) is 6. The number of fused-ring (bicyclic) bond motifs is 5. The number of halogens is 1. The first-order valence-corrected chi connectivity index (χ1v) is 29.3. The Kier molecular flexibility index (Phi) is 22.0. The van der Waals surface area contributed by atoms with Crippen LogP contribution in [0.4, 0.5) is 10.5 Å². The van der Waals surface area contributed by atoms with E-state index in [-0.39, 0.29) is 74.7 Å². The van der Waals surface area contributed by atoms with E-state index in [1.165, 1.54) is 65.6 Å². The summed E-state index contributed by atoms with van der Waals surface area (Å²) in [7, 11) is 8.66. The van der Waals surface area contributed by atoms with Gasteiger partial charge in [0.05, 0.1) is 44.1 Å². The van der Waals surface area contributed by atoms with Gasteiger partial charge in [0.15, 0.2) is 5.72 Å². The predicted octanol–water partition coefficient (Wildman–Crippen LogP) is 6.47. The molecular weight excluding hydrogens is 1130 g/mol. The van der Waals surface area contributed by atoms with Crippen LogP contribution in [0.5, 0.6) is 17.2 Å². The molecule has 0 aliphatic carbocycles. The van der Waals surface area contributed by atoms with Crippen molar-refractivity contribution in [1.29, 1.82) is 0 Å². The predicted molar refractivity (Wildman–Crippen MR) is 305 cm³/mol. The molecule has 82 heavy (non-hydrogen) atoms. The van der Waals surface area contributed by atoms with Gasteiger partial charge in [-0.1, -0.05) is 63.9 Å². The minimum Gasteiger partial charge on any atom is -0.507 e. The first-order chi connectivity index (χ1) is 38.6. The number of esters is 1. The molecule has 8 atom stereocenters. The van der Waals surface area contributed by atoms with Crippen molar-refractivity contribution in [2.75, 3.05) is 45.6 Å². The third kappa shape index (κ3) is 16.5. The number of epoxide rings is 1. The van der Waals surface area contributed by atoms with Gasteiger partial charge in [0.2, 0.25) is 17.7 Å². The Morgan fingerprint density at radius 3 is 2.45 bits per heavy atom. The second kappa shape index (κ2) is 27.8. The number of methoxy groups -OCH3 is 2. The molecule has 4 aliphatic heterocycles. The second-order valence-electron chi connectivity index (χ2n) is 21.4. The molecule has 0 aromatic heterocycles. The smallest absolute Gasteiger partial charge is 0.409 e. The van der Waals surface area contributed by atoms with Crippen LogP contribution in [0.15, 0.2) is 59.2 Å². The van der Waals surface area contributed by atoms with Gasteiger partial charge in [0, 0.05) is 81.4 Å². The van der Waals surface area contributed by atoms with E-state index in [2.05, 4.69) is 15.8 Å². The number of hydrogen-bond donors (Lipinski definition) is 4. The number of nitrogens with zero attached hydrogens (tertiary/aromatic N) is 4. The highest BCUT2D eigenvalue weighted by Gasteiger charge is 2.64. The van der Waals surface area contributed by atoms with E-state index in [0.717, 1.165) is 11.1 Å². The normalized spacial score (nSPS) is 25.6. The highest BCUT2D eigenvalue weighted by molar-refractivity contribution is 8.77. The summed E-state index contributed by atoms with van der Waals surface area (Å²) in [6, 6.07) is 6.92. The Morgan fingerprint density at radius 2 is 1.78 bits per heavy atom. The number of carbonyl (C=O) groups excluding carboxylic acids is 8. The average molecular weight is 1200 g/mol. The number of aromatic hydroxyl groups is 1. The lowest BCUT2D eigenvalue weighted by atomic mass is 9.83. The lowest BCUT2D eigenvalue weighted by Crippen LogP contribution is -2.63. The number of amides is 6. The molecule has 448 valence electrons. The first kappa shape index (κ1) is 64.8. The summed E-state index contributed by atoms with van der Waals surface area (Å²) in [5, 5.41) is 29.9. The number of rotatable bonds is 20. The van der Waals surface area contributed by atoms with Crippen molar-refractivity contribution < 1.29 is 81.8 Å². The van der Waals surface area contributed by atoms with Crippen molar-refractivity contribution in [3.05, 3.63) is 70.3 Å². The molecule has 4 N–H and O–H groups in total. The van der Waals surface area contributed by atoms with Crippen molar-refractivity contribution in [1.82, 2.24) is 20.7 Å². The van der Waals surface area contributed by atoms with Crippen molar-refractivity contribution in [2.24, 2.45) is 11.0 Å². The Morgan fingerprint density at radius 1 is 1.07 bits per heavy atom. The number of carbonyl (C=O) groups is 8. The van der Waals surface area contributed by atoms with E-state index in [9.17, 15) is 48.6 Å². The maximum absolute atomic E-state index is 14.4. The molecule has 2 aromatic rings. The number of anilines is 1. The summed E-state index contributed by atoms with van der Waals surface area (Å²) >= 11 is 6.83. The molecule has 0 radical (unpaired) electrons. The Balaban J connectivity index is 1.03. The number of phenols is 1. The number of aliphatic hydroxyl groups is 1. The Labute approximate surface area is 489 Å². The first-order valence-electron chi connectivity index (χ1n) is 26.6. The van der Waals surface area contributed by atoms with Crippen molar-refractivity contribution in [3.63, 3.8) is 0 Å². The summed E-state index contributed by atoms with van der Waals surface area (Å²) in [6.07, 6.45) is 0.539. The van der Waals surface area contributed by atoms with E-state index < -0.39 is 94.1 Å². The fourth-order valence-electron chi connectivity index (χ4n) is 9.51. The molecule has 0 spiro atoms. The molecule has 3 fully saturated rings. The Bertz CT molecular complexity index is 2850. The molecule has 6 rings (SSSR count).